The summed E-state index contributed by atoms with van der Waals surface area (Å²) < 4.78 is 0. The largest absolute Gasteiger partial charge is 0.326 e. The molecule has 2 fully saturated rings. The molecule has 2 bridgehead atoms. The van der Waals surface area contributed by atoms with E-state index in [-0.39, 0.29) is 22.5 Å². The van der Waals surface area contributed by atoms with E-state index in [2.05, 4.69) is 19.2 Å². The van der Waals surface area contributed by atoms with Gasteiger partial charge in [-0.05, 0) is 37.3 Å². The number of amides is 1. The van der Waals surface area contributed by atoms with Gasteiger partial charge in [-0.1, -0.05) is 38.5 Å². The van der Waals surface area contributed by atoms with E-state index in [4.69, 9.17) is 0 Å². The molecule has 1 amide bonds. The summed E-state index contributed by atoms with van der Waals surface area (Å²) in [5.74, 6) is 0.253. The highest BCUT2D eigenvalue weighted by Gasteiger charge is 2.72. The van der Waals surface area contributed by atoms with Crippen LogP contribution in [0.1, 0.15) is 45.6 Å². The lowest BCUT2D eigenvalue weighted by atomic mass is 9.64. The summed E-state index contributed by atoms with van der Waals surface area (Å²) >= 11 is 0. The number of carbonyl (C=O) groups is 2. The smallest absolute Gasteiger partial charge is 0.231 e. The first kappa shape index (κ1) is 14.3. The molecule has 0 spiro atoms. The molecule has 3 rings (SSSR count). The molecule has 2 aliphatic rings. The van der Waals surface area contributed by atoms with Crippen molar-refractivity contribution in [3.05, 3.63) is 29.8 Å². The van der Waals surface area contributed by atoms with Gasteiger partial charge < -0.3 is 5.32 Å². The van der Waals surface area contributed by atoms with Gasteiger partial charge in [-0.3, -0.25) is 9.59 Å². The summed E-state index contributed by atoms with van der Waals surface area (Å²) in [6, 6.07) is 7.80. The zero-order chi connectivity index (χ0) is 15.5. The van der Waals surface area contributed by atoms with Gasteiger partial charge in [0.15, 0.2) is 0 Å². The van der Waals surface area contributed by atoms with Crippen LogP contribution in [0.5, 0.6) is 0 Å². The summed E-state index contributed by atoms with van der Waals surface area (Å²) in [5.41, 5.74) is 0.785. The molecule has 21 heavy (non-hydrogen) atoms. The molecule has 3 heteroatoms. The van der Waals surface area contributed by atoms with Gasteiger partial charge in [0.2, 0.25) is 5.91 Å². The Labute approximate surface area is 126 Å². The first-order valence-electron chi connectivity index (χ1n) is 7.64. The first-order valence-corrected chi connectivity index (χ1v) is 7.64. The van der Waals surface area contributed by atoms with Gasteiger partial charge in [0.25, 0.3) is 0 Å². The fraction of sp³-hybridized carbons (Fsp3) is 0.556. The monoisotopic (exact) mass is 285 g/mol. The number of ketones is 1. The number of rotatable bonds is 2. The fourth-order valence-corrected chi connectivity index (χ4v) is 4.25. The van der Waals surface area contributed by atoms with E-state index in [1.165, 1.54) is 0 Å². The Bertz CT molecular complexity index is 617. The second-order valence-electron chi connectivity index (χ2n) is 7.46. The van der Waals surface area contributed by atoms with Crippen molar-refractivity contribution < 1.29 is 9.59 Å². The summed E-state index contributed by atoms with van der Waals surface area (Å²) in [5, 5.41) is 3.03. The van der Waals surface area contributed by atoms with Crippen molar-refractivity contribution in [3.63, 3.8) is 0 Å². The predicted octanol–water partition coefficient (Wildman–Crippen LogP) is 3.72. The van der Waals surface area contributed by atoms with Crippen molar-refractivity contribution in [2.45, 2.75) is 47.0 Å². The number of nitrogens with one attached hydrogen (secondary N) is 1. The lowest BCUT2D eigenvalue weighted by molar-refractivity contribution is -0.131. The summed E-state index contributed by atoms with van der Waals surface area (Å²) in [6.07, 6.45) is 2.01. The Morgan fingerprint density at radius 1 is 1.10 bits per heavy atom. The van der Waals surface area contributed by atoms with Crippen molar-refractivity contribution in [2.75, 3.05) is 5.32 Å². The molecule has 0 heterocycles. The van der Waals surface area contributed by atoms with Crippen LogP contribution in [-0.2, 0) is 9.59 Å². The van der Waals surface area contributed by atoms with Crippen LogP contribution in [0, 0.1) is 23.2 Å². The number of hydrogen-bond donors (Lipinski definition) is 1. The molecule has 2 aliphatic carbocycles. The second-order valence-corrected chi connectivity index (χ2v) is 7.46. The van der Waals surface area contributed by atoms with Crippen molar-refractivity contribution in [3.8, 4) is 0 Å². The predicted molar refractivity (Wildman–Crippen MR) is 83.0 cm³/mol. The van der Waals surface area contributed by atoms with Gasteiger partial charge in [0.1, 0.15) is 5.78 Å². The minimum Gasteiger partial charge on any atom is -0.326 e. The van der Waals surface area contributed by atoms with Crippen LogP contribution in [0.15, 0.2) is 24.3 Å². The minimum atomic E-state index is -0.552. The minimum absolute atomic E-state index is 0.00549. The van der Waals surface area contributed by atoms with Crippen molar-refractivity contribution >= 4 is 17.4 Å². The Morgan fingerprint density at radius 3 is 2.19 bits per heavy atom. The summed E-state index contributed by atoms with van der Waals surface area (Å²) in [7, 11) is 0. The standard InChI is InChI=1S/C18H23NO2/c1-12-5-7-13(8-6-12)19-15(21)18-10-9-17(4,14(20)11-18)16(18,2)3/h5-8H,9-11H2,1-4H3,(H,19,21)/t17-,18+/m1/s1. The topological polar surface area (TPSA) is 46.2 Å². The van der Waals surface area contributed by atoms with Crippen molar-refractivity contribution in [1.82, 2.24) is 0 Å². The number of aryl methyl sites for hydroxylation is 1. The van der Waals surface area contributed by atoms with E-state index in [0.717, 1.165) is 24.1 Å². The molecule has 0 aromatic heterocycles. The van der Waals surface area contributed by atoms with Crippen LogP contribution in [0.25, 0.3) is 0 Å². The molecule has 0 unspecified atom stereocenters. The highest BCUT2D eigenvalue weighted by molar-refractivity contribution is 6.04. The number of benzene rings is 1. The van der Waals surface area contributed by atoms with E-state index >= 15 is 0 Å². The fourth-order valence-electron chi connectivity index (χ4n) is 4.25. The molecule has 0 aliphatic heterocycles. The third-order valence-corrected chi connectivity index (χ3v) is 6.45. The van der Waals surface area contributed by atoms with E-state index < -0.39 is 5.41 Å². The van der Waals surface area contributed by atoms with Crippen LogP contribution in [0.2, 0.25) is 0 Å². The molecule has 2 saturated carbocycles. The SMILES string of the molecule is Cc1ccc(NC(=O)[C@]23CC[C@](C)(C(=O)C2)C3(C)C)cc1. The molecule has 0 saturated heterocycles. The Morgan fingerprint density at radius 2 is 1.71 bits per heavy atom. The lowest BCUT2D eigenvalue weighted by Gasteiger charge is -2.38. The number of Topliss-reactive ketones (excluding diaryl/α,β-unsaturated/α-hetero) is 1. The highest BCUT2D eigenvalue weighted by Crippen LogP contribution is 2.70. The second kappa shape index (κ2) is 4.19. The molecule has 3 nitrogen and oxygen atoms in total. The lowest BCUT2D eigenvalue weighted by Crippen LogP contribution is -2.43. The van der Waals surface area contributed by atoms with Gasteiger partial charge in [0, 0.05) is 17.5 Å². The quantitative estimate of drug-likeness (QED) is 0.900. The molecule has 1 N–H and O–H groups in total. The zero-order valence-corrected chi connectivity index (χ0v) is 13.2. The third-order valence-electron chi connectivity index (χ3n) is 6.45. The highest BCUT2D eigenvalue weighted by atomic mass is 16.2. The van der Waals surface area contributed by atoms with E-state index in [9.17, 15) is 9.59 Å². The molecule has 0 radical (unpaired) electrons. The molecular formula is C18H23NO2. The molecule has 1 aromatic carbocycles. The number of anilines is 1. The van der Waals surface area contributed by atoms with Crippen LogP contribution in [0.4, 0.5) is 5.69 Å². The van der Waals surface area contributed by atoms with Crippen molar-refractivity contribution in [1.29, 1.82) is 0 Å². The number of fused-ring (bicyclic) bond motifs is 2. The van der Waals surface area contributed by atoms with Gasteiger partial charge in [0.05, 0.1) is 5.41 Å². The van der Waals surface area contributed by atoms with Crippen molar-refractivity contribution in [2.24, 2.45) is 16.2 Å². The Hall–Kier alpha value is -1.64. The van der Waals surface area contributed by atoms with E-state index in [0.29, 0.717) is 6.42 Å². The van der Waals surface area contributed by atoms with E-state index in [1.807, 2.05) is 38.1 Å². The number of hydrogen-bond acceptors (Lipinski definition) is 2. The van der Waals surface area contributed by atoms with Crippen LogP contribution in [0.3, 0.4) is 0 Å². The van der Waals surface area contributed by atoms with Crippen LogP contribution >= 0.6 is 0 Å². The van der Waals surface area contributed by atoms with Gasteiger partial charge in [-0.15, -0.1) is 0 Å². The maximum atomic E-state index is 12.9. The Kier molecular flexibility index (Phi) is 2.85. The average molecular weight is 285 g/mol. The van der Waals surface area contributed by atoms with Crippen LogP contribution < -0.4 is 5.32 Å². The molecule has 112 valence electrons. The zero-order valence-electron chi connectivity index (χ0n) is 13.2. The maximum Gasteiger partial charge on any atom is 0.231 e. The van der Waals surface area contributed by atoms with Gasteiger partial charge in [-0.2, -0.15) is 0 Å². The normalized spacial score (nSPS) is 33.2. The first-order chi connectivity index (χ1) is 9.73. The van der Waals surface area contributed by atoms with E-state index in [1.54, 1.807) is 0 Å². The molecular weight excluding hydrogens is 262 g/mol. The van der Waals surface area contributed by atoms with Gasteiger partial charge in [-0.25, -0.2) is 0 Å². The molecule has 1 aromatic rings. The number of carbonyl (C=O) groups excluding carboxylic acids is 2. The third kappa shape index (κ3) is 1.66. The maximum absolute atomic E-state index is 12.9. The Balaban J connectivity index is 1.91. The van der Waals surface area contributed by atoms with Crippen LogP contribution in [-0.4, -0.2) is 11.7 Å². The molecule has 2 atom stereocenters. The summed E-state index contributed by atoms with van der Waals surface area (Å²) in [4.78, 5) is 25.3. The summed E-state index contributed by atoms with van der Waals surface area (Å²) in [6.45, 7) is 8.22. The van der Waals surface area contributed by atoms with Gasteiger partial charge >= 0.3 is 0 Å². The average Bonchev–Trinajstić information content (AvgIpc) is 2.72.